The van der Waals surface area contributed by atoms with Crippen molar-refractivity contribution < 1.29 is 32.9 Å². The van der Waals surface area contributed by atoms with Crippen molar-refractivity contribution in [3.8, 4) is 17.2 Å². The third-order valence-corrected chi connectivity index (χ3v) is 13.2. The summed E-state index contributed by atoms with van der Waals surface area (Å²) in [5, 5.41) is 24.7. The van der Waals surface area contributed by atoms with Crippen LogP contribution in [-0.4, -0.2) is 84.8 Å². The van der Waals surface area contributed by atoms with E-state index >= 15 is 0 Å². The van der Waals surface area contributed by atoms with Gasteiger partial charge in [-0.05, 0) is 91.1 Å². The van der Waals surface area contributed by atoms with Gasteiger partial charge in [-0.2, -0.15) is 0 Å². The van der Waals surface area contributed by atoms with E-state index in [-0.39, 0.29) is 52.2 Å². The topological polar surface area (TPSA) is 162 Å². The lowest BCUT2D eigenvalue weighted by Gasteiger charge is -2.42. The van der Waals surface area contributed by atoms with Crippen molar-refractivity contribution in [1.29, 1.82) is 0 Å². The molecule has 1 aromatic heterocycles. The van der Waals surface area contributed by atoms with E-state index in [4.69, 9.17) is 9.47 Å². The molecule has 0 spiro atoms. The standard InChI is InChI=1S/C45H52N4O8S/c1-31(48-23-25-49(26-24-48)34-6-3-2-4-7-34)33-12-16-37(17-13-33)58(54,55)38-9-5-8-36(28-38)56-27-22-44(53)57-35-14-10-32(11-15-35)29-46-30-42(51)39-18-20-41(50)45-40(39)19-21-43(52)47-45/h5,8-21,28,31,34,42,46,50-51H,2-4,6-7,22-27,29-30H2,1H3,(H,47,52)/t31-,42-/m0/s1. The molecule has 1 saturated carbocycles. The van der Waals surface area contributed by atoms with E-state index < -0.39 is 21.9 Å². The Morgan fingerprint density at radius 2 is 1.62 bits per heavy atom. The second-order valence-electron chi connectivity index (χ2n) is 15.2. The molecule has 58 heavy (non-hydrogen) atoms. The number of aliphatic hydroxyl groups excluding tert-OH is 1. The molecule has 2 aliphatic rings. The molecule has 0 amide bonds. The number of carbonyl (C=O) groups is 1. The number of fused-ring (bicyclic) bond motifs is 1. The molecule has 1 saturated heterocycles. The van der Waals surface area contributed by atoms with Gasteiger partial charge in [0.05, 0.1) is 34.4 Å². The fraction of sp³-hybridized carbons (Fsp3) is 0.378. The molecule has 7 rings (SSSR count). The Labute approximate surface area is 339 Å². The van der Waals surface area contributed by atoms with E-state index in [0.29, 0.717) is 29.0 Å². The Bertz CT molecular complexity index is 2340. The van der Waals surface area contributed by atoms with Crippen LogP contribution in [0.15, 0.2) is 112 Å². The minimum absolute atomic E-state index is 0.000562. The Hall–Kier alpha value is -5.05. The molecule has 306 valence electrons. The van der Waals surface area contributed by atoms with Crippen molar-refractivity contribution in [3.05, 3.63) is 124 Å². The number of hydrogen-bond donors (Lipinski definition) is 4. The molecule has 2 heterocycles. The largest absolute Gasteiger partial charge is 0.506 e. The van der Waals surface area contributed by atoms with E-state index in [9.17, 15) is 28.2 Å². The highest BCUT2D eigenvalue weighted by Crippen LogP contribution is 2.31. The number of hydrogen-bond acceptors (Lipinski definition) is 11. The van der Waals surface area contributed by atoms with Crippen molar-refractivity contribution in [1.82, 2.24) is 20.1 Å². The van der Waals surface area contributed by atoms with Crippen LogP contribution in [0.25, 0.3) is 10.9 Å². The molecule has 2 atom stereocenters. The van der Waals surface area contributed by atoms with Gasteiger partial charge in [-0.25, -0.2) is 8.42 Å². The fourth-order valence-electron chi connectivity index (χ4n) is 8.06. The summed E-state index contributed by atoms with van der Waals surface area (Å²) in [4.78, 5) is 32.4. The molecule has 4 aromatic carbocycles. The van der Waals surface area contributed by atoms with Gasteiger partial charge in [-0.3, -0.25) is 19.4 Å². The van der Waals surface area contributed by atoms with Gasteiger partial charge in [-0.15, -0.1) is 0 Å². The number of esters is 1. The van der Waals surface area contributed by atoms with Gasteiger partial charge in [0.1, 0.15) is 17.2 Å². The summed E-state index contributed by atoms with van der Waals surface area (Å²) in [5.74, 6) is 0.130. The molecule has 13 heteroatoms. The highest BCUT2D eigenvalue weighted by atomic mass is 32.2. The molecule has 2 fully saturated rings. The van der Waals surface area contributed by atoms with E-state index in [2.05, 4.69) is 27.0 Å². The summed E-state index contributed by atoms with van der Waals surface area (Å²) >= 11 is 0. The maximum atomic E-state index is 13.6. The van der Waals surface area contributed by atoms with Gasteiger partial charge in [-0.1, -0.05) is 55.7 Å². The third kappa shape index (κ3) is 9.96. The highest BCUT2D eigenvalue weighted by Gasteiger charge is 2.28. The molecular formula is C45H52N4O8S. The quantitative estimate of drug-likeness (QED) is 0.0697. The lowest BCUT2D eigenvalue weighted by molar-refractivity contribution is -0.134. The van der Waals surface area contributed by atoms with E-state index in [1.807, 2.05) is 12.1 Å². The van der Waals surface area contributed by atoms with Crippen LogP contribution in [0.3, 0.4) is 0 Å². The molecule has 1 aliphatic heterocycles. The number of piperazine rings is 1. The number of aromatic nitrogens is 1. The van der Waals surface area contributed by atoms with Crippen molar-refractivity contribution in [2.45, 2.75) is 80.0 Å². The second-order valence-corrected chi connectivity index (χ2v) is 17.2. The van der Waals surface area contributed by atoms with Gasteiger partial charge >= 0.3 is 5.97 Å². The third-order valence-electron chi connectivity index (χ3n) is 11.4. The predicted octanol–water partition coefficient (Wildman–Crippen LogP) is 6.28. The Morgan fingerprint density at radius 3 is 2.36 bits per heavy atom. The number of aromatic hydroxyl groups is 1. The molecular weight excluding hydrogens is 757 g/mol. The highest BCUT2D eigenvalue weighted by molar-refractivity contribution is 7.91. The monoisotopic (exact) mass is 808 g/mol. The van der Waals surface area contributed by atoms with E-state index in [1.165, 1.54) is 50.3 Å². The van der Waals surface area contributed by atoms with Crippen molar-refractivity contribution >= 4 is 26.7 Å². The number of ether oxygens (including phenoxy) is 2. The summed E-state index contributed by atoms with van der Waals surface area (Å²) in [6.07, 6.45) is 5.75. The number of benzene rings is 4. The van der Waals surface area contributed by atoms with Crippen LogP contribution >= 0.6 is 0 Å². The number of carbonyl (C=O) groups excluding carboxylic acids is 1. The molecule has 5 aromatic rings. The van der Waals surface area contributed by atoms with E-state index in [0.717, 1.165) is 43.3 Å². The number of pyridine rings is 1. The first-order valence-electron chi connectivity index (χ1n) is 20.1. The first-order chi connectivity index (χ1) is 28.0. The lowest BCUT2D eigenvalue weighted by Crippen LogP contribution is -2.51. The maximum Gasteiger partial charge on any atom is 0.314 e. The number of aromatic amines is 1. The van der Waals surface area contributed by atoms with Gasteiger partial charge < -0.3 is 30.0 Å². The van der Waals surface area contributed by atoms with Crippen LogP contribution in [0, 0.1) is 0 Å². The number of phenolic OH excluding ortho intramolecular Hbond substituents is 1. The van der Waals surface area contributed by atoms with Crippen molar-refractivity contribution in [2.75, 3.05) is 39.3 Å². The van der Waals surface area contributed by atoms with Crippen LogP contribution in [-0.2, 0) is 21.2 Å². The summed E-state index contributed by atoms with van der Waals surface area (Å²) in [6.45, 7) is 7.03. The molecule has 0 bridgehead atoms. The second kappa shape index (κ2) is 18.7. The van der Waals surface area contributed by atoms with Gasteiger partial charge in [0.2, 0.25) is 15.4 Å². The minimum Gasteiger partial charge on any atom is -0.506 e. The number of sulfone groups is 1. The van der Waals surface area contributed by atoms with Gasteiger partial charge in [0, 0.05) is 62.8 Å². The lowest BCUT2D eigenvalue weighted by atomic mass is 9.93. The van der Waals surface area contributed by atoms with Crippen LogP contribution in [0.5, 0.6) is 17.2 Å². The summed E-state index contributed by atoms with van der Waals surface area (Å²) < 4.78 is 38.4. The van der Waals surface area contributed by atoms with Crippen molar-refractivity contribution in [3.63, 3.8) is 0 Å². The van der Waals surface area contributed by atoms with Crippen LogP contribution < -0.4 is 20.3 Å². The molecule has 1 aliphatic carbocycles. The number of nitrogens with one attached hydrogen (secondary N) is 2. The number of rotatable bonds is 15. The first kappa shape index (κ1) is 41.1. The molecule has 12 nitrogen and oxygen atoms in total. The van der Waals surface area contributed by atoms with E-state index in [1.54, 1.807) is 66.7 Å². The van der Waals surface area contributed by atoms with Gasteiger partial charge in [0.25, 0.3) is 0 Å². The minimum atomic E-state index is -3.80. The average Bonchev–Trinajstić information content (AvgIpc) is 3.25. The Morgan fingerprint density at radius 1 is 0.879 bits per heavy atom. The number of H-pyrrole nitrogens is 1. The number of phenols is 1. The van der Waals surface area contributed by atoms with Crippen LogP contribution in [0.1, 0.15) is 74.3 Å². The summed E-state index contributed by atoms with van der Waals surface area (Å²) in [6, 6.07) is 27.4. The summed E-state index contributed by atoms with van der Waals surface area (Å²) in [5.41, 5.74) is 2.49. The average molecular weight is 809 g/mol. The first-order valence-corrected chi connectivity index (χ1v) is 21.6. The SMILES string of the molecule is C[C@@H](c1ccc(S(=O)(=O)c2cccc(OCCC(=O)Oc3ccc(CNC[C@H](O)c4ccc(O)c5[nH]c(=O)ccc45)cc3)c2)cc1)N1CCN(C2CCCCC2)CC1. The zero-order chi connectivity index (χ0) is 40.6. The van der Waals surface area contributed by atoms with Gasteiger partial charge in [0.15, 0.2) is 0 Å². The van der Waals surface area contributed by atoms with Crippen LogP contribution in [0.4, 0.5) is 0 Å². The molecule has 0 unspecified atom stereocenters. The number of nitrogens with zero attached hydrogens (tertiary/aromatic N) is 2. The van der Waals surface area contributed by atoms with Crippen molar-refractivity contribution in [2.24, 2.45) is 0 Å². The smallest absolute Gasteiger partial charge is 0.314 e. The maximum absolute atomic E-state index is 13.6. The zero-order valence-electron chi connectivity index (χ0n) is 32.8. The fourth-order valence-corrected chi connectivity index (χ4v) is 9.36. The Kier molecular flexibility index (Phi) is 13.2. The Balaban J connectivity index is 0.845. The zero-order valence-corrected chi connectivity index (χ0v) is 33.6. The normalized spacial score (nSPS) is 16.9. The molecule has 0 radical (unpaired) electrons. The number of aliphatic hydroxyl groups is 1. The van der Waals surface area contributed by atoms with Crippen LogP contribution in [0.2, 0.25) is 0 Å². The predicted molar refractivity (Wildman–Crippen MR) is 222 cm³/mol. The molecule has 4 N–H and O–H groups in total. The summed E-state index contributed by atoms with van der Waals surface area (Å²) in [7, 11) is -3.80.